The van der Waals surface area contributed by atoms with Crippen molar-refractivity contribution in [2.75, 3.05) is 20.1 Å². The second-order valence-corrected chi connectivity index (χ2v) is 5.58. The smallest absolute Gasteiger partial charge is 0.178 e. The summed E-state index contributed by atoms with van der Waals surface area (Å²) >= 11 is 1.63. The fraction of sp³-hybridized carbons (Fsp3) is 0.667. The Morgan fingerprint density at radius 2 is 2.25 bits per heavy atom. The van der Waals surface area contributed by atoms with Gasteiger partial charge in [-0.15, -0.1) is 11.3 Å². The predicted molar refractivity (Wildman–Crippen MR) is 66.0 cm³/mol. The Kier molecular flexibility index (Phi) is 3.71. The Bertz CT molecular complexity index is 367. The van der Waals surface area contributed by atoms with Gasteiger partial charge in [-0.3, -0.25) is 4.79 Å². The maximum atomic E-state index is 11.1. The van der Waals surface area contributed by atoms with Crippen LogP contribution in [0.4, 0.5) is 0 Å². The van der Waals surface area contributed by atoms with Crippen LogP contribution in [0.15, 0.2) is 5.38 Å². The van der Waals surface area contributed by atoms with Gasteiger partial charge in [-0.1, -0.05) is 0 Å². The lowest BCUT2D eigenvalue weighted by Crippen LogP contribution is -2.30. The Morgan fingerprint density at radius 3 is 2.81 bits per heavy atom. The Balaban J connectivity index is 1.91. The highest BCUT2D eigenvalue weighted by Gasteiger charge is 2.18. The van der Waals surface area contributed by atoms with Crippen LogP contribution in [-0.2, 0) is 6.42 Å². The average Bonchev–Trinajstić information content (AvgIpc) is 2.70. The molecule has 3 nitrogen and oxygen atoms in total. The van der Waals surface area contributed by atoms with E-state index in [1.54, 1.807) is 18.3 Å². The molecular formula is C12H18N2OS. The molecule has 0 unspecified atom stereocenters. The Hall–Kier alpha value is -0.740. The molecule has 0 saturated carbocycles. The highest BCUT2D eigenvalue weighted by Crippen LogP contribution is 2.22. The van der Waals surface area contributed by atoms with Crippen LogP contribution in [0, 0.1) is 5.92 Å². The van der Waals surface area contributed by atoms with Crippen molar-refractivity contribution in [3.05, 3.63) is 16.1 Å². The topological polar surface area (TPSA) is 33.2 Å². The van der Waals surface area contributed by atoms with Crippen molar-refractivity contribution >= 4 is 17.1 Å². The van der Waals surface area contributed by atoms with E-state index < -0.39 is 0 Å². The van der Waals surface area contributed by atoms with E-state index in [2.05, 4.69) is 16.9 Å². The van der Waals surface area contributed by atoms with Gasteiger partial charge in [-0.05, 0) is 38.9 Å². The molecule has 88 valence electrons. The Labute approximate surface area is 100 Å². The average molecular weight is 238 g/mol. The molecule has 1 aromatic rings. The zero-order chi connectivity index (χ0) is 11.5. The number of ketones is 1. The maximum Gasteiger partial charge on any atom is 0.178 e. The summed E-state index contributed by atoms with van der Waals surface area (Å²) in [6.45, 7) is 3.96. The number of thiazole rings is 1. The van der Waals surface area contributed by atoms with Crippen LogP contribution in [0.5, 0.6) is 0 Å². The molecule has 1 aromatic heterocycles. The highest BCUT2D eigenvalue weighted by molar-refractivity contribution is 7.09. The minimum absolute atomic E-state index is 0.0749. The zero-order valence-electron chi connectivity index (χ0n) is 9.90. The number of nitrogens with zero attached hydrogens (tertiary/aromatic N) is 2. The molecule has 0 aliphatic carbocycles. The first kappa shape index (κ1) is 11.7. The molecule has 0 radical (unpaired) electrons. The van der Waals surface area contributed by atoms with Gasteiger partial charge >= 0.3 is 0 Å². The van der Waals surface area contributed by atoms with Gasteiger partial charge in [-0.25, -0.2) is 4.98 Å². The van der Waals surface area contributed by atoms with E-state index in [1.807, 2.05) is 5.38 Å². The van der Waals surface area contributed by atoms with E-state index in [-0.39, 0.29) is 5.78 Å². The molecule has 0 bridgehead atoms. The number of aromatic nitrogens is 1. The summed E-state index contributed by atoms with van der Waals surface area (Å²) in [6, 6.07) is 0. The van der Waals surface area contributed by atoms with E-state index in [4.69, 9.17) is 0 Å². The number of piperidine rings is 1. The molecule has 0 N–H and O–H groups in total. The van der Waals surface area contributed by atoms with Crippen molar-refractivity contribution < 1.29 is 4.79 Å². The normalized spacial score (nSPS) is 18.9. The maximum absolute atomic E-state index is 11.1. The fourth-order valence-corrected chi connectivity index (χ4v) is 3.03. The van der Waals surface area contributed by atoms with Gasteiger partial charge in [0.2, 0.25) is 0 Å². The van der Waals surface area contributed by atoms with Gasteiger partial charge in [-0.2, -0.15) is 0 Å². The number of Topliss-reactive ketones (excluding diaryl/α,β-unsaturated/α-hetero) is 1. The first-order valence-electron chi connectivity index (χ1n) is 5.79. The van der Waals surface area contributed by atoms with Crippen LogP contribution >= 0.6 is 11.3 Å². The van der Waals surface area contributed by atoms with Crippen LogP contribution in [-0.4, -0.2) is 35.8 Å². The highest BCUT2D eigenvalue weighted by atomic mass is 32.1. The van der Waals surface area contributed by atoms with Crippen molar-refractivity contribution in [3.8, 4) is 0 Å². The number of hydrogen-bond acceptors (Lipinski definition) is 4. The SMILES string of the molecule is CC(=O)c1csc(CC2CCN(C)CC2)n1. The van der Waals surface area contributed by atoms with Crippen molar-refractivity contribution in [2.24, 2.45) is 5.92 Å². The predicted octanol–water partition coefficient (Wildman–Crippen LogP) is 2.23. The summed E-state index contributed by atoms with van der Waals surface area (Å²) in [5.41, 5.74) is 0.632. The monoisotopic (exact) mass is 238 g/mol. The summed E-state index contributed by atoms with van der Waals surface area (Å²) in [5.74, 6) is 0.827. The van der Waals surface area contributed by atoms with Crippen molar-refractivity contribution in [3.63, 3.8) is 0 Å². The second-order valence-electron chi connectivity index (χ2n) is 4.63. The van der Waals surface area contributed by atoms with Crippen LogP contribution in [0.1, 0.15) is 35.3 Å². The minimum atomic E-state index is 0.0749. The third-order valence-electron chi connectivity index (χ3n) is 3.21. The molecule has 0 spiro atoms. The number of hydrogen-bond donors (Lipinski definition) is 0. The van der Waals surface area contributed by atoms with Gasteiger partial charge in [0.05, 0.1) is 5.01 Å². The van der Waals surface area contributed by atoms with E-state index in [0.717, 1.165) is 17.3 Å². The standard InChI is InChI=1S/C12H18N2OS/c1-9(15)11-8-16-12(13-11)7-10-3-5-14(2)6-4-10/h8,10H,3-7H2,1-2H3. The first-order valence-corrected chi connectivity index (χ1v) is 6.67. The molecule has 1 aliphatic rings. The lowest BCUT2D eigenvalue weighted by Gasteiger charge is -2.28. The molecule has 4 heteroatoms. The van der Waals surface area contributed by atoms with Crippen LogP contribution in [0.25, 0.3) is 0 Å². The summed E-state index contributed by atoms with van der Waals surface area (Å²) in [6.07, 6.45) is 3.56. The summed E-state index contributed by atoms with van der Waals surface area (Å²) in [4.78, 5) is 17.9. The van der Waals surface area contributed by atoms with E-state index in [9.17, 15) is 4.79 Å². The molecule has 16 heavy (non-hydrogen) atoms. The number of likely N-dealkylation sites (tertiary alicyclic amines) is 1. The fourth-order valence-electron chi connectivity index (χ4n) is 2.08. The van der Waals surface area contributed by atoms with E-state index in [0.29, 0.717) is 5.69 Å². The van der Waals surface area contributed by atoms with Crippen LogP contribution in [0.2, 0.25) is 0 Å². The minimum Gasteiger partial charge on any atom is -0.306 e. The second kappa shape index (κ2) is 5.06. The molecule has 1 aliphatic heterocycles. The van der Waals surface area contributed by atoms with Crippen molar-refractivity contribution in [1.29, 1.82) is 0 Å². The third kappa shape index (κ3) is 2.89. The summed E-state index contributed by atoms with van der Waals surface area (Å²) in [7, 11) is 2.17. The van der Waals surface area contributed by atoms with E-state index in [1.165, 1.54) is 25.9 Å². The van der Waals surface area contributed by atoms with Gasteiger partial charge in [0.1, 0.15) is 5.69 Å². The molecule has 2 heterocycles. The molecule has 0 amide bonds. The Morgan fingerprint density at radius 1 is 1.56 bits per heavy atom. The van der Waals surface area contributed by atoms with Crippen molar-refractivity contribution in [2.45, 2.75) is 26.2 Å². The molecular weight excluding hydrogens is 220 g/mol. The van der Waals surface area contributed by atoms with Crippen LogP contribution < -0.4 is 0 Å². The quantitative estimate of drug-likeness (QED) is 0.757. The zero-order valence-corrected chi connectivity index (χ0v) is 10.7. The molecule has 1 saturated heterocycles. The third-order valence-corrected chi connectivity index (χ3v) is 4.09. The van der Waals surface area contributed by atoms with Crippen molar-refractivity contribution in [1.82, 2.24) is 9.88 Å². The van der Waals surface area contributed by atoms with Crippen LogP contribution in [0.3, 0.4) is 0 Å². The van der Waals surface area contributed by atoms with Gasteiger partial charge in [0, 0.05) is 18.7 Å². The summed E-state index contributed by atoms with van der Waals surface area (Å²) in [5, 5.41) is 3.01. The molecule has 0 aromatic carbocycles. The lowest BCUT2D eigenvalue weighted by atomic mass is 9.94. The van der Waals surface area contributed by atoms with Gasteiger partial charge in [0.25, 0.3) is 0 Å². The molecule has 1 fully saturated rings. The largest absolute Gasteiger partial charge is 0.306 e. The summed E-state index contributed by atoms with van der Waals surface area (Å²) < 4.78 is 0. The van der Waals surface area contributed by atoms with Gasteiger partial charge in [0.15, 0.2) is 5.78 Å². The number of carbonyl (C=O) groups excluding carboxylic acids is 1. The van der Waals surface area contributed by atoms with Gasteiger partial charge < -0.3 is 4.90 Å². The molecule has 0 atom stereocenters. The number of carbonyl (C=O) groups is 1. The molecule has 2 rings (SSSR count). The number of rotatable bonds is 3. The first-order chi connectivity index (χ1) is 7.65. The van der Waals surface area contributed by atoms with E-state index >= 15 is 0 Å². The lowest BCUT2D eigenvalue weighted by molar-refractivity contribution is 0.101.